The van der Waals surface area contributed by atoms with E-state index in [1.807, 2.05) is 20.8 Å². The van der Waals surface area contributed by atoms with Crippen LogP contribution in [-0.4, -0.2) is 21.0 Å². The van der Waals surface area contributed by atoms with Crippen molar-refractivity contribution in [1.82, 2.24) is 4.72 Å². The van der Waals surface area contributed by atoms with E-state index in [1.54, 1.807) is 0 Å². The second-order valence-electron chi connectivity index (χ2n) is 5.35. The minimum Gasteiger partial charge on any atom is -0.329 e. The molecular weight excluding hydrogens is 335 g/mol. The molecule has 0 heterocycles. The van der Waals surface area contributed by atoms with Gasteiger partial charge in [0.25, 0.3) is 0 Å². The molecule has 0 aromatic heterocycles. The van der Waals surface area contributed by atoms with E-state index < -0.39 is 21.9 Å². The second-order valence-corrected chi connectivity index (χ2v) is 7.92. The summed E-state index contributed by atoms with van der Waals surface area (Å²) in [5, 5.41) is 0. The number of nitrogens with two attached hydrogens (primary N) is 1. The fourth-order valence-corrected chi connectivity index (χ4v) is 3.19. The number of nitrogens with one attached hydrogen (secondary N) is 1. The van der Waals surface area contributed by atoms with Crippen molar-refractivity contribution in [2.45, 2.75) is 31.7 Å². The molecule has 0 fully saturated rings. The number of benzene rings is 1. The zero-order valence-electron chi connectivity index (χ0n) is 11.1. The molecular formula is C12H18BrFN2O2S. The molecule has 4 nitrogen and oxygen atoms in total. The number of halogens is 2. The van der Waals surface area contributed by atoms with E-state index in [9.17, 15) is 12.8 Å². The van der Waals surface area contributed by atoms with E-state index in [4.69, 9.17) is 5.73 Å². The van der Waals surface area contributed by atoms with Gasteiger partial charge in [-0.2, -0.15) is 0 Å². The molecule has 1 atom stereocenters. The largest absolute Gasteiger partial charge is 0.329 e. The Kier molecular flexibility index (Phi) is 5.11. The van der Waals surface area contributed by atoms with Gasteiger partial charge in [0.05, 0.1) is 9.37 Å². The SMILES string of the molecule is CC(C)(C)C(CN)NS(=O)(=O)c1ccc(Br)c(F)c1. The molecule has 0 spiro atoms. The van der Waals surface area contributed by atoms with Gasteiger partial charge >= 0.3 is 0 Å². The Balaban J connectivity index is 3.07. The minimum atomic E-state index is -3.78. The minimum absolute atomic E-state index is 0.115. The molecule has 108 valence electrons. The highest BCUT2D eigenvalue weighted by atomic mass is 79.9. The normalized spacial score (nSPS) is 14.4. The van der Waals surface area contributed by atoms with Crippen LogP contribution in [0.5, 0.6) is 0 Å². The van der Waals surface area contributed by atoms with Crippen molar-refractivity contribution in [3.05, 3.63) is 28.5 Å². The van der Waals surface area contributed by atoms with Crippen LogP contribution in [-0.2, 0) is 10.0 Å². The van der Waals surface area contributed by atoms with Gasteiger partial charge in [-0.1, -0.05) is 20.8 Å². The molecule has 0 aliphatic heterocycles. The molecule has 3 N–H and O–H groups in total. The predicted octanol–water partition coefficient (Wildman–Crippen LogP) is 2.24. The maximum absolute atomic E-state index is 13.4. The van der Waals surface area contributed by atoms with Crippen molar-refractivity contribution in [2.24, 2.45) is 11.1 Å². The first kappa shape index (κ1) is 16.6. The summed E-state index contributed by atoms with van der Waals surface area (Å²) in [5.41, 5.74) is 5.27. The molecule has 0 radical (unpaired) electrons. The van der Waals surface area contributed by atoms with Crippen molar-refractivity contribution in [3.63, 3.8) is 0 Å². The van der Waals surface area contributed by atoms with E-state index in [2.05, 4.69) is 20.7 Å². The van der Waals surface area contributed by atoms with E-state index in [-0.39, 0.29) is 21.3 Å². The maximum Gasteiger partial charge on any atom is 0.240 e. The van der Waals surface area contributed by atoms with Crippen LogP contribution in [0.15, 0.2) is 27.6 Å². The molecule has 1 unspecified atom stereocenters. The quantitative estimate of drug-likeness (QED) is 0.872. The lowest BCUT2D eigenvalue weighted by Crippen LogP contribution is -2.48. The Bertz CT molecular complexity index is 555. The number of sulfonamides is 1. The maximum atomic E-state index is 13.4. The third kappa shape index (κ3) is 4.24. The Labute approximate surface area is 121 Å². The van der Waals surface area contributed by atoms with Crippen molar-refractivity contribution in [2.75, 3.05) is 6.54 Å². The van der Waals surface area contributed by atoms with Crippen molar-refractivity contribution < 1.29 is 12.8 Å². The van der Waals surface area contributed by atoms with Gasteiger partial charge in [-0.25, -0.2) is 17.5 Å². The molecule has 0 amide bonds. The fourth-order valence-electron chi connectivity index (χ4n) is 1.48. The lowest BCUT2D eigenvalue weighted by molar-refractivity contribution is 0.304. The van der Waals surface area contributed by atoms with Gasteiger partial charge in [0, 0.05) is 12.6 Å². The average Bonchev–Trinajstić information content (AvgIpc) is 2.28. The van der Waals surface area contributed by atoms with Gasteiger partial charge in [0.2, 0.25) is 10.0 Å². The van der Waals surface area contributed by atoms with Gasteiger partial charge in [0.15, 0.2) is 0 Å². The molecule has 7 heteroatoms. The molecule has 1 rings (SSSR count). The Morgan fingerprint density at radius 1 is 1.42 bits per heavy atom. The van der Waals surface area contributed by atoms with Gasteiger partial charge in [-0.3, -0.25) is 0 Å². The topological polar surface area (TPSA) is 72.2 Å². The van der Waals surface area contributed by atoms with Gasteiger partial charge in [-0.15, -0.1) is 0 Å². The van der Waals surface area contributed by atoms with Gasteiger partial charge in [0.1, 0.15) is 5.82 Å². The first-order valence-electron chi connectivity index (χ1n) is 5.75. The summed E-state index contributed by atoms with van der Waals surface area (Å²) in [6.07, 6.45) is 0. The molecule has 0 aliphatic rings. The van der Waals surface area contributed by atoms with Crippen molar-refractivity contribution in [1.29, 1.82) is 0 Å². The van der Waals surface area contributed by atoms with Gasteiger partial charge in [-0.05, 0) is 39.5 Å². The van der Waals surface area contributed by atoms with Crippen LogP contribution in [0.25, 0.3) is 0 Å². The third-order valence-electron chi connectivity index (χ3n) is 2.78. The molecule has 0 saturated heterocycles. The number of hydrogen-bond acceptors (Lipinski definition) is 3. The van der Waals surface area contributed by atoms with Crippen LogP contribution in [0.4, 0.5) is 4.39 Å². The van der Waals surface area contributed by atoms with E-state index in [0.717, 1.165) is 6.07 Å². The summed E-state index contributed by atoms with van der Waals surface area (Å²) in [7, 11) is -3.78. The number of rotatable bonds is 4. The lowest BCUT2D eigenvalue weighted by atomic mass is 9.88. The van der Waals surface area contributed by atoms with Crippen molar-refractivity contribution >= 4 is 26.0 Å². The fraction of sp³-hybridized carbons (Fsp3) is 0.500. The van der Waals surface area contributed by atoms with Crippen LogP contribution in [0.2, 0.25) is 0 Å². The van der Waals surface area contributed by atoms with Crippen LogP contribution < -0.4 is 10.5 Å². The van der Waals surface area contributed by atoms with E-state index in [0.29, 0.717) is 0 Å². The van der Waals surface area contributed by atoms with E-state index >= 15 is 0 Å². The standard InChI is InChI=1S/C12H18BrFN2O2S/c1-12(2,3)11(7-15)16-19(17,18)8-4-5-9(13)10(14)6-8/h4-6,11,16H,7,15H2,1-3H3. The smallest absolute Gasteiger partial charge is 0.240 e. The highest BCUT2D eigenvalue weighted by Gasteiger charge is 2.28. The predicted molar refractivity (Wildman–Crippen MR) is 76.7 cm³/mol. The van der Waals surface area contributed by atoms with Crippen LogP contribution in [0.3, 0.4) is 0 Å². The number of hydrogen-bond donors (Lipinski definition) is 2. The van der Waals surface area contributed by atoms with Crippen molar-refractivity contribution in [3.8, 4) is 0 Å². The molecule has 1 aromatic rings. The molecule has 1 aromatic carbocycles. The summed E-state index contributed by atoms with van der Waals surface area (Å²) in [6.45, 7) is 5.82. The third-order valence-corrected chi connectivity index (χ3v) is 4.89. The first-order valence-corrected chi connectivity index (χ1v) is 8.03. The molecule has 0 saturated carbocycles. The highest BCUT2D eigenvalue weighted by Crippen LogP contribution is 2.23. The molecule has 0 aliphatic carbocycles. The highest BCUT2D eigenvalue weighted by molar-refractivity contribution is 9.10. The first-order chi connectivity index (χ1) is 8.58. The molecule has 19 heavy (non-hydrogen) atoms. The molecule has 0 bridgehead atoms. The Morgan fingerprint density at radius 3 is 2.42 bits per heavy atom. The Morgan fingerprint density at radius 2 is 2.00 bits per heavy atom. The van der Waals surface area contributed by atoms with Crippen LogP contribution in [0.1, 0.15) is 20.8 Å². The summed E-state index contributed by atoms with van der Waals surface area (Å²) in [6, 6.07) is 3.25. The summed E-state index contributed by atoms with van der Waals surface area (Å²) in [4.78, 5) is -0.115. The van der Waals surface area contributed by atoms with Crippen LogP contribution >= 0.6 is 15.9 Å². The van der Waals surface area contributed by atoms with Crippen LogP contribution in [0, 0.1) is 11.2 Å². The Hall–Kier alpha value is -0.500. The second kappa shape index (κ2) is 5.87. The van der Waals surface area contributed by atoms with Gasteiger partial charge < -0.3 is 5.73 Å². The summed E-state index contributed by atoms with van der Waals surface area (Å²) >= 11 is 2.98. The summed E-state index contributed by atoms with van der Waals surface area (Å²) in [5.74, 6) is -0.622. The zero-order chi connectivity index (χ0) is 14.8. The van der Waals surface area contributed by atoms with E-state index in [1.165, 1.54) is 12.1 Å². The average molecular weight is 353 g/mol. The zero-order valence-corrected chi connectivity index (χ0v) is 13.5. The monoisotopic (exact) mass is 352 g/mol. The lowest BCUT2D eigenvalue weighted by Gasteiger charge is -2.30. The summed E-state index contributed by atoms with van der Waals surface area (Å²) < 4.78 is 40.5.